The van der Waals surface area contributed by atoms with Crippen LogP contribution in [-0.4, -0.2) is 19.0 Å². The fourth-order valence-electron chi connectivity index (χ4n) is 2.16. The molecular weight excluding hydrogens is 256 g/mol. The Balaban J connectivity index is 2.04. The highest BCUT2D eigenvalue weighted by Crippen LogP contribution is 2.26. The first kappa shape index (κ1) is 14.3. The summed E-state index contributed by atoms with van der Waals surface area (Å²) in [5.74, 6) is 2.03. The lowest BCUT2D eigenvalue weighted by molar-refractivity contribution is 0.255. The lowest BCUT2D eigenvalue weighted by Gasteiger charge is -2.23. The second-order valence-corrected chi connectivity index (χ2v) is 5.91. The van der Waals surface area contributed by atoms with Gasteiger partial charge in [0.2, 0.25) is 0 Å². The van der Waals surface area contributed by atoms with E-state index in [1.165, 1.54) is 10.4 Å². The minimum absolute atomic E-state index is 0.432. The summed E-state index contributed by atoms with van der Waals surface area (Å²) < 4.78 is 5.74. The molecule has 1 unspecified atom stereocenters. The molecule has 2 heterocycles. The Labute approximate surface area is 119 Å². The molecule has 0 aromatic carbocycles. The van der Waals surface area contributed by atoms with Crippen LogP contribution in [0.25, 0.3) is 0 Å². The summed E-state index contributed by atoms with van der Waals surface area (Å²) in [5.41, 5.74) is 1.27. The number of thiophene rings is 1. The maximum Gasteiger partial charge on any atom is 0.118 e. The van der Waals surface area contributed by atoms with Gasteiger partial charge in [-0.1, -0.05) is 6.07 Å². The van der Waals surface area contributed by atoms with Crippen LogP contribution in [0.4, 0.5) is 0 Å². The second kappa shape index (κ2) is 6.37. The standard InChI is InChI=1S/C15H22N2OS/c1-11(15-6-5-7-19-15)17(4)10-13-8-14(9-16-3)18-12(13)2/h5-8,11,16H,9-10H2,1-4H3. The van der Waals surface area contributed by atoms with E-state index in [2.05, 4.69) is 47.8 Å². The van der Waals surface area contributed by atoms with Crippen molar-refractivity contribution in [2.75, 3.05) is 14.1 Å². The molecule has 0 aliphatic carbocycles. The lowest BCUT2D eigenvalue weighted by atomic mass is 10.2. The summed E-state index contributed by atoms with van der Waals surface area (Å²) in [4.78, 5) is 3.76. The highest BCUT2D eigenvalue weighted by Gasteiger charge is 2.15. The van der Waals surface area contributed by atoms with Crippen molar-refractivity contribution in [1.82, 2.24) is 10.2 Å². The van der Waals surface area contributed by atoms with Gasteiger partial charge in [-0.2, -0.15) is 0 Å². The molecule has 0 radical (unpaired) electrons. The Morgan fingerprint density at radius 2 is 2.26 bits per heavy atom. The van der Waals surface area contributed by atoms with Gasteiger partial charge in [0.05, 0.1) is 6.54 Å². The van der Waals surface area contributed by atoms with Crippen molar-refractivity contribution in [3.8, 4) is 0 Å². The zero-order chi connectivity index (χ0) is 13.8. The van der Waals surface area contributed by atoms with Crippen LogP contribution >= 0.6 is 11.3 Å². The predicted molar refractivity (Wildman–Crippen MR) is 80.4 cm³/mol. The van der Waals surface area contributed by atoms with Gasteiger partial charge in [-0.25, -0.2) is 0 Å². The number of aryl methyl sites for hydroxylation is 1. The topological polar surface area (TPSA) is 28.4 Å². The smallest absolute Gasteiger partial charge is 0.118 e. The van der Waals surface area contributed by atoms with E-state index in [9.17, 15) is 0 Å². The Kier molecular flexibility index (Phi) is 4.80. The van der Waals surface area contributed by atoms with Gasteiger partial charge in [0, 0.05) is 23.0 Å². The fourth-order valence-corrected chi connectivity index (χ4v) is 3.01. The molecule has 104 valence electrons. The van der Waals surface area contributed by atoms with Crippen molar-refractivity contribution in [3.63, 3.8) is 0 Å². The Morgan fingerprint density at radius 1 is 1.47 bits per heavy atom. The maximum absolute atomic E-state index is 5.74. The number of nitrogens with zero attached hydrogens (tertiary/aromatic N) is 1. The van der Waals surface area contributed by atoms with Crippen LogP contribution in [-0.2, 0) is 13.1 Å². The van der Waals surface area contributed by atoms with Crippen molar-refractivity contribution in [3.05, 3.63) is 45.5 Å². The molecule has 1 atom stereocenters. The third-order valence-corrected chi connectivity index (χ3v) is 4.50. The van der Waals surface area contributed by atoms with Gasteiger partial charge in [0.1, 0.15) is 11.5 Å². The molecule has 2 rings (SSSR count). The highest BCUT2D eigenvalue weighted by molar-refractivity contribution is 7.10. The SMILES string of the molecule is CNCc1cc(CN(C)C(C)c2cccs2)c(C)o1. The van der Waals surface area contributed by atoms with Crippen molar-refractivity contribution in [1.29, 1.82) is 0 Å². The second-order valence-electron chi connectivity index (χ2n) is 4.93. The van der Waals surface area contributed by atoms with Crippen molar-refractivity contribution < 1.29 is 4.42 Å². The van der Waals surface area contributed by atoms with Gasteiger partial charge in [0.25, 0.3) is 0 Å². The Bertz CT molecular complexity index is 504. The monoisotopic (exact) mass is 278 g/mol. The zero-order valence-electron chi connectivity index (χ0n) is 12.1. The molecule has 3 nitrogen and oxygen atoms in total. The normalized spacial score (nSPS) is 13.1. The van der Waals surface area contributed by atoms with E-state index in [0.717, 1.165) is 24.6 Å². The summed E-state index contributed by atoms with van der Waals surface area (Å²) in [5, 5.41) is 5.25. The molecule has 0 aliphatic rings. The molecule has 0 aliphatic heterocycles. The summed E-state index contributed by atoms with van der Waals surface area (Å²) in [7, 11) is 4.09. The van der Waals surface area contributed by atoms with E-state index in [1.807, 2.05) is 25.3 Å². The van der Waals surface area contributed by atoms with Crippen molar-refractivity contribution in [2.24, 2.45) is 0 Å². The third kappa shape index (κ3) is 3.47. The van der Waals surface area contributed by atoms with Crippen molar-refractivity contribution in [2.45, 2.75) is 33.0 Å². The molecule has 0 saturated carbocycles. The fraction of sp³-hybridized carbons (Fsp3) is 0.467. The number of hydrogen-bond acceptors (Lipinski definition) is 4. The van der Waals surface area contributed by atoms with Crippen LogP contribution in [0.5, 0.6) is 0 Å². The maximum atomic E-state index is 5.74. The van der Waals surface area contributed by atoms with E-state index in [-0.39, 0.29) is 0 Å². The molecule has 2 aromatic heterocycles. The molecule has 0 spiro atoms. The molecule has 0 saturated heterocycles. The van der Waals surface area contributed by atoms with Crippen LogP contribution in [0.1, 0.15) is 34.9 Å². The van der Waals surface area contributed by atoms with Crippen LogP contribution in [0.2, 0.25) is 0 Å². The van der Waals surface area contributed by atoms with Gasteiger partial charge in [-0.3, -0.25) is 4.90 Å². The quantitative estimate of drug-likeness (QED) is 0.875. The van der Waals surface area contributed by atoms with Gasteiger partial charge in [-0.15, -0.1) is 11.3 Å². The van der Waals surface area contributed by atoms with Crippen LogP contribution < -0.4 is 5.32 Å². The average Bonchev–Trinajstić information content (AvgIpc) is 3.00. The van der Waals surface area contributed by atoms with Gasteiger partial charge < -0.3 is 9.73 Å². The van der Waals surface area contributed by atoms with Gasteiger partial charge >= 0.3 is 0 Å². The number of furan rings is 1. The van der Waals surface area contributed by atoms with E-state index < -0.39 is 0 Å². The molecule has 0 bridgehead atoms. The van der Waals surface area contributed by atoms with Gasteiger partial charge in [0.15, 0.2) is 0 Å². The average molecular weight is 278 g/mol. The summed E-state index contributed by atoms with van der Waals surface area (Å²) in [6, 6.07) is 6.89. The molecule has 0 fully saturated rings. The molecule has 19 heavy (non-hydrogen) atoms. The first-order valence-corrected chi connectivity index (χ1v) is 7.46. The Morgan fingerprint density at radius 3 is 2.89 bits per heavy atom. The third-order valence-electron chi connectivity index (χ3n) is 3.46. The van der Waals surface area contributed by atoms with Crippen LogP contribution in [0.3, 0.4) is 0 Å². The van der Waals surface area contributed by atoms with E-state index in [0.29, 0.717) is 6.04 Å². The number of hydrogen-bond donors (Lipinski definition) is 1. The molecule has 4 heteroatoms. The number of rotatable bonds is 6. The summed E-state index contributed by atoms with van der Waals surface area (Å²) in [6.45, 7) is 5.98. The molecule has 1 N–H and O–H groups in total. The Hall–Kier alpha value is -1.10. The minimum Gasteiger partial charge on any atom is -0.465 e. The minimum atomic E-state index is 0.432. The van der Waals surface area contributed by atoms with E-state index in [4.69, 9.17) is 4.42 Å². The molecule has 2 aromatic rings. The molecule has 0 amide bonds. The summed E-state index contributed by atoms with van der Waals surface area (Å²) in [6.07, 6.45) is 0. The van der Waals surface area contributed by atoms with Gasteiger partial charge in [-0.05, 0) is 45.5 Å². The summed E-state index contributed by atoms with van der Waals surface area (Å²) >= 11 is 1.81. The zero-order valence-corrected chi connectivity index (χ0v) is 12.9. The van der Waals surface area contributed by atoms with Crippen LogP contribution in [0, 0.1) is 6.92 Å². The van der Waals surface area contributed by atoms with E-state index >= 15 is 0 Å². The van der Waals surface area contributed by atoms with Crippen LogP contribution in [0.15, 0.2) is 28.0 Å². The molecular formula is C15H22N2OS. The number of nitrogens with one attached hydrogen (secondary N) is 1. The van der Waals surface area contributed by atoms with E-state index in [1.54, 1.807) is 0 Å². The lowest BCUT2D eigenvalue weighted by Crippen LogP contribution is -2.21. The largest absolute Gasteiger partial charge is 0.465 e. The van der Waals surface area contributed by atoms with Crippen molar-refractivity contribution >= 4 is 11.3 Å². The predicted octanol–water partition coefficient (Wildman–Crippen LogP) is 3.56. The first-order chi connectivity index (χ1) is 9.11. The first-order valence-electron chi connectivity index (χ1n) is 6.58. The highest BCUT2D eigenvalue weighted by atomic mass is 32.1.